The second-order valence-electron chi connectivity index (χ2n) is 5.88. The van der Waals surface area contributed by atoms with Crippen molar-refractivity contribution in [2.45, 2.75) is 46.6 Å². The Bertz CT molecular complexity index is 843. The average molecular weight is 323 g/mol. The van der Waals surface area contributed by atoms with Gasteiger partial charge in [0.2, 0.25) is 0 Å². The number of aromatic nitrogens is 2. The summed E-state index contributed by atoms with van der Waals surface area (Å²) in [4.78, 5) is 24.6. The molecule has 1 heterocycles. The zero-order valence-electron chi connectivity index (χ0n) is 14.3. The van der Waals surface area contributed by atoms with E-state index in [9.17, 15) is 9.59 Å². The van der Waals surface area contributed by atoms with Crippen molar-refractivity contribution in [3.05, 3.63) is 62.6 Å². The predicted octanol–water partition coefficient (Wildman–Crippen LogP) is 2.96. The van der Waals surface area contributed by atoms with Crippen LogP contribution in [0.25, 0.3) is 0 Å². The lowest BCUT2D eigenvalue weighted by atomic mass is 10.0. The number of rotatable bonds is 6. The Balaban J connectivity index is 2.23. The third-order valence-corrected chi connectivity index (χ3v) is 4.14. The fourth-order valence-corrected chi connectivity index (χ4v) is 2.48. The molecule has 1 aromatic heterocycles. The number of nitrogens with zero attached hydrogens (tertiary/aromatic N) is 3. The molecule has 0 fully saturated rings. The van der Waals surface area contributed by atoms with Crippen molar-refractivity contribution in [2.75, 3.05) is 0 Å². The van der Waals surface area contributed by atoms with Crippen LogP contribution in [0.1, 0.15) is 52.5 Å². The summed E-state index contributed by atoms with van der Waals surface area (Å²) in [6.07, 6.45) is 3.24. The number of aryl methyl sites for hydroxylation is 2. The molecule has 0 amide bonds. The molecule has 0 N–H and O–H groups in total. The Morgan fingerprint density at radius 3 is 2.50 bits per heavy atom. The van der Waals surface area contributed by atoms with Gasteiger partial charge in [-0.15, -0.1) is 0 Å². The average Bonchev–Trinajstić information content (AvgIpc) is 2.58. The van der Waals surface area contributed by atoms with Gasteiger partial charge in [-0.1, -0.05) is 37.6 Å². The number of benzene rings is 1. The lowest BCUT2D eigenvalue weighted by Gasteiger charge is -2.09. The minimum atomic E-state index is -0.520. The molecule has 0 aliphatic carbocycles. The van der Waals surface area contributed by atoms with E-state index in [0.29, 0.717) is 16.8 Å². The highest BCUT2D eigenvalue weighted by atomic mass is 16.1. The molecule has 5 nitrogen and oxygen atoms in total. The second-order valence-corrected chi connectivity index (χ2v) is 5.88. The van der Waals surface area contributed by atoms with Crippen molar-refractivity contribution in [2.24, 2.45) is 0 Å². The molecular weight excluding hydrogens is 302 g/mol. The molecule has 0 radical (unpaired) electrons. The highest BCUT2D eigenvalue weighted by Gasteiger charge is 2.14. The van der Waals surface area contributed by atoms with Crippen molar-refractivity contribution in [1.29, 1.82) is 5.26 Å². The Hall–Kier alpha value is -2.74. The highest BCUT2D eigenvalue weighted by molar-refractivity contribution is 5.95. The van der Waals surface area contributed by atoms with Gasteiger partial charge in [-0.2, -0.15) is 10.4 Å². The minimum absolute atomic E-state index is 0.0465. The fourth-order valence-electron chi connectivity index (χ4n) is 2.48. The number of hydrogen-bond donors (Lipinski definition) is 0. The first kappa shape index (κ1) is 17.6. The maximum Gasteiger partial charge on any atom is 0.285 e. The van der Waals surface area contributed by atoms with Crippen LogP contribution in [0.4, 0.5) is 0 Å². The number of hydrogen-bond acceptors (Lipinski definition) is 4. The maximum atomic E-state index is 12.4. The topological polar surface area (TPSA) is 75.8 Å². The Morgan fingerprint density at radius 1 is 1.25 bits per heavy atom. The summed E-state index contributed by atoms with van der Waals surface area (Å²) in [5.74, 6) is -0.196. The van der Waals surface area contributed by atoms with E-state index in [1.54, 1.807) is 26.0 Å². The van der Waals surface area contributed by atoms with Gasteiger partial charge in [0.15, 0.2) is 5.78 Å². The second kappa shape index (κ2) is 7.69. The Morgan fingerprint density at radius 2 is 1.92 bits per heavy atom. The molecule has 0 saturated heterocycles. The summed E-state index contributed by atoms with van der Waals surface area (Å²) in [7, 11) is 0. The minimum Gasteiger partial charge on any atom is -0.292 e. The van der Waals surface area contributed by atoms with Crippen LogP contribution < -0.4 is 5.56 Å². The standard InChI is InChI=1S/C19H21N3O2/c1-4-5-6-15-7-9-16(10-8-15)18(23)12-22-19(24)17(11-20)13(2)14(3)21-22/h7-10H,4-6,12H2,1-3H3. The lowest BCUT2D eigenvalue weighted by Crippen LogP contribution is -2.30. The van der Waals surface area contributed by atoms with Gasteiger partial charge >= 0.3 is 0 Å². The molecule has 0 bridgehead atoms. The van der Waals surface area contributed by atoms with Crippen LogP contribution in [0.5, 0.6) is 0 Å². The first-order valence-corrected chi connectivity index (χ1v) is 8.08. The van der Waals surface area contributed by atoms with Gasteiger partial charge < -0.3 is 0 Å². The van der Waals surface area contributed by atoms with Gasteiger partial charge in [0.25, 0.3) is 5.56 Å². The molecule has 0 atom stereocenters. The molecule has 0 aliphatic heterocycles. The van der Waals surface area contributed by atoms with Gasteiger partial charge in [0.1, 0.15) is 18.2 Å². The molecule has 0 spiro atoms. The Labute approximate surface area is 141 Å². The van der Waals surface area contributed by atoms with Crippen LogP contribution >= 0.6 is 0 Å². The highest BCUT2D eigenvalue weighted by Crippen LogP contribution is 2.10. The summed E-state index contributed by atoms with van der Waals surface area (Å²) in [6.45, 7) is 5.38. The van der Waals surface area contributed by atoms with E-state index in [2.05, 4.69) is 12.0 Å². The first-order valence-electron chi connectivity index (χ1n) is 8.08. The fraction of sp³-hybridized carbons (Fsp3) is 0.368. The van der Waals surface area contributed by atoms with E-state index in [-0.39, 0.29) is 17.9 Å². The third-order valence-electron chi connectivity index (χ3n) is 4.14. The van der Waals surface area contributed by atoms with Gasteiger partial charge in [-0.3, -0.25) is 9.59 Å². The molecule has 5 heteroatoms. The normalized spacial score (nSPS) is 10.4. The largest absolute Gasteiger partial charge is 0.292 e. The summed E-state index contributed by atoms with van der Waals surface area (Å²) in [5.41, 5.74) is 2.40. The maximum absolute atomic E-state index is 12.4. The zero-order valence-corrected chi connectivity index (χ0v) is 14.3. The van der Waals surface area contributed by atoms with Crippen molar-refractivity contribution in [3.63, 3.8) is 0 Å². The zero-order chi connectivity index (χ0) is 17.7. The molecule has 0 aliphatic rings. The van der Waals surface area contributed by atoms with Crippen molar-refractivity contribution < 1.29 is 4.79 Å². The number of unbranched alkanes of at least 4 members (excludes halogenated alkanes) is 1. The van der Waals surface area contributed by atoms with Crippen molar-refractivity contribution in [3.8, 4) is 6.07 Å². The van der Waals surface area contributed by atoms with Gasteiger partial charge in [-0.25, -0.2) is 4.68 Å². The third kappa shape index (κ3) is 3.77. The molecule has 24 heavy (non-hydrogen) atoms. The summed E-state index contributed by atoms with van der Waals surface area (Å²) < 4.78 is 1.08. The molecule has 124 valence electrons. The number of Topliss-reactive ketones (excluding diaryl/α,β-unsaturated/α-hetero) is 1. The van der Waals surface area contributed by atoms with Gasteiger partial charge in [0.05, 0.1) is 5.69 Å². The first-order chi connectivity index (χ1) is 11.5. The number of ketones is 1. The summed E-state index contributed by atoms with van der Waals surface area (Å²) >= 11 is 0. The van der Waals surface area contributed by atoms with E-state index >= 15 is 0 Å². The molecule has 1 aromatic carbocycles. The number of carbonyl (C=O) groups excluding carboxylic acids is 1. The van der Waals surface area contributed by atoms with Crippen LogP contribution in [-0.4, -0.2) is 15.6 Å². The SMILES string of the molecule is CCCCc1ccc(C(=O)Cn2nc(C)c(C)c(C#N)c2=O)cc1. The number of nitriles is 1. The predicted molar refractivity (Wildman–Crippen MR) is 92.1 cm³/mol. The van der Waals surface area contributed by atoms with E-state index in [4.69, 9.17) is 5.26 Å². The van der Waals surface area contributed by atoms with E-state index in [1.807, 2.05) is 18.2 Å². The van der Waals surface area contributed by atoms with Crippen LogP contribution in [-0.2, 0) is 13.0 Å². The van der Waals surface area contributed by atoms with Crippen LogP contribution in [0.3, 0.4) is 0 Å². The summed E-state index contributed by atoms with van der Waals surface area (Å²) in [5, 5.41) is 13.3. The van der Waals surface area contributed by atoms with Crippen molar-refractivity contribution in [1.82, 2.24) is 9.78 Å². The molecule has 2 rings (SSSR count). The van der Waals surface area contributed by atoms with Crippen molar-refractivity contribution >= 4 is 5.78 Å². The Kier molecular flexibility index (Phi) is 5.64. The van der Waals surface area contributed by atoms with E-state index < -0.39 is 5.56 Å². The molecule has 0 saturated carbocycles. The summed E-state index contributed by atoms with van der Waals surface area (Å²) in [6, 6.07) is 9.35. The smallest absolute Gasteiger partial charge is 0.285 e. The molecular formula is C19H21N3O2. The van der Waals surface area contributed by atoms with Gasteiger partial charge in [0, 0.05) is 5.56 Å². The number of carbonyl (C=O) groups is 1. The lowest BCUT2D eigenvalue weighted by molar-refractivity contribution is 0.0965. The van der Waals surface area contributed by atoms with Crippen LogP contribution in [0, 0.1) is 25.2 Å². The van der Waals surface area contributed by atoms with E-state index in [1.165, 1.54) is 5.56 Å². The molecule has 2 aromatic rings. The van der Waals surface area contributed by atoms with Gasteiger partial charge in [-0.05, 0) is 37.8 Å². The monoisotopic (exact) mass is 323 g/mol. The molecule has 0 unspecified atom stereocenters. The van der Waals surface area contributed by atoms with E-state index in [0.717, 1.165) is 23.9 Å². The van der Waals surface area contributed by atoms with Crippen LogP contribution in [0.2, 0.25) is 0 Å². The van der Waals surface area contributed by atoms with Crippen LogP contribution in [0.15, 0.2) is 29.1 Å². The quantitative estimate of drug-likeness (QED) is 0.766.